The van der Waals surface area contributed by atoms with Crippen LogP contribution in [0.1, 0.15) is 30.4 Å². The monoisotopic (exact) mass is 451 g/mol. The van der Waals surface area contributed by atoms with Crippen LogP contribution in [0.5, 0.6) is 0 Å². The van der Waals surface area contributed by atoms with Crippen molar-refractivity contribution < 1.29 is 0 Å². The number of nitrogens with one attached hydrogen (secondary N) is 1. The van der Waals surface area contributed by atoms with Gasteiger partial charge in [0.25, 0.3) is 0 Å². The number of hydrogen-bond acceptors (Lipinski definition) is 3. The number of pyridine rings is 1. The Morgan fingerprint density at radius 1 is 1.03 bits per heavy atom. The van der Waals surface area contributed by atoms with Gasteiger partial charge < -0.3 is 14.7 Å². The second kappa shape index (κ2) is 10.6. The summed E-state index contributed by atoms with van der Waals surface area (Å²) in [7, 11) is 0. The lowest BCUT2D eigenvalue weighted by Crippen LogP contribution is -2.49. The van der Waals surface area contributed by atoms with E-state index in [0.717, 1.165) is 45.1 Å². The van der Waals surface area contributed by atoms with Gasteiger partial charge in [-0.2, -0.15) is 4.99 Å². The van der Waals surface area contributed by atoms with Gasteiger partial charge in [-0.25, -0.2) is 9.98 Å². The van der Waals surface area contributed by atoms with Gasteiger partial charge in [0.2, 0.25) is 5.96 Å². The molecule has 2 aliphatic rings. The molecule has 7 nitrogen and oxygen atoms in total. The van der Waals surface area contributed by atoms with Crippen LogP contribution in [0.4, 0.5) is 5.82 Å². The van der Waals surface area contributed by atoms with E-state index in [1.807, 2.05) is 30.7 Å². The van der Waals surface area contributed by atoms with Gasteiger partial charge in [-0.15, -0.1) is 0 Å². The standard InChI is InChI=1S/C24H30ClN7/c1-19-7-6-10-27-23(19)31-13-15-32(16-14-31)24(28-18-30-11-3-2-4-12-30)29-22(26)20-8-5-9-21(25)17-20/h5-10,17-18,26H,2-4,11-16H2,1H3/b26-22?,28-18+,29-24?. The van der Waals surface area contributed by atoms with E-state index in [9.17, 15) is 0 Å². The van der Waals surface area contributed by atoms with Gasteiger partial charge in [-0.3, -0.25) is 5.41 Å². The third kappa shape index (κ3) is 5.65. The fourth-order valence-electron chi connectivity index (χ4n) is 4.08. The van der Waals surface area contributed by atoms with Crippen LogP contribution in [0.25, 0.3) is 0 Å². The Labute approximate surface area is 194 Å². The fourth-order valence-corrected chi connectivity index (χ4v) is 4.27. The normalized spacial score (nSPS) is 17.8. The van der Waals surface area contributed by atoms with Crippen LogP contribution >= 0.6 is 11.6 Å². The highest BCUT2D eigenvalue weighted by Gasteiger charge is 2.22. The van der Waals surface area contributed by atoms with Gasteiger partial charge in [-0.05, 0) is 49.9 Å². The number of piperazine rings is 1. The van der Waals surface area contributed by atoms with E-state index in [-0.39, 0.29) is 5.84 Å². The number of nitrogens with zero attached hydrogens (tertiary/aromatic N) is 6. The minimum absolute atomic E-state index is 0.168. The van der Waals surface area contributed by atoms with Crippen LogP contribution in [-0.4, -0.2) is 72.2 Å². The van der Waals surface area contributed by atoms with Crippen LogP contribution in [0, 0.1) is 12.3 Å². The molecule has 0 saturated carbocycles. The topological polar surface area (TPSA) is 71.2 Å². The maximum Gasteiger partial charge on any atom is 0.228 e. The third-order valence-electron chi connectivity index (χ3n) is 5.88. The van der Waals surface area contributed by atoms with Crippen molar-refractivity contribution in [2.75, 3.05) is 44.2 Å². The minimum Gasteiger partial charge on any atom is -0.362 e. The van der Waals surface area contributed by atoms with E-state index >= 15 is 0 Å². The number of benzene rings is 1. The molecule has 1 aromatic heterocycles. The van der Waals surface area contributed by atoms with E-state index in [0.29, 0.717) is 16.5 Å². The Bertz CT molecular complexity index is 989. The molecule has 0 spiro atoms. The molecule has 0 aliphatic carbocycles. The molecule has 0 amide bonds. The molecule has 2 saturated heterocycles. The lowest BCUT2D eigenvalue weighted by atomic mass is 10.1. The highest BCUT2D eigenvalue weighted by atomic mass is 35.5. The molecular formula is C24H30ClN7. The third-order valence-corrected chi connectivity index (χ3v) is 6.12. The van der Waals surface area contributed by atoms with Crippen molar-refractivity contribution in [1.29, 1.82) is 5.41 Å². The maximum absolute atomic E-state index is 8.52. The lowest BCUT2D eigenvalue weighted by Gasteiger charge is -2.36. The summed E-state index contributed by atoms with van der Waals surface area (Å²) in [5.74, 6) is 1.79. The van der Waals surface area contributed by atoms with Gasteiger partial charge in [0.05, 0.1) is 6.34 Å². The molecule has 1 aromatic carbocycles. The first-order valence-corrected chi connectivity index (χ1v) is 11.6. The van der Waals surface area contributed by atoms with Crippen molar-refractivity contribution in [3.05, 3.63) is 58.7 Å². The van der Waals surface area contributed by atoms with Gasteiger partial charge in [-0.1, -0.05) is 29.8 Å². The Morgan fingerprint density at radius 3 is 2.53 bits per heavy atom. The molecule has 1 N–H and O–H groups in total. The maximum atomic E-state index is 8.52. The molecule has 168 valence electrons. The highest BCUT2D eigenvalue weighted by molar-refractivity contribution is 6.31. The minimum atomic E-state index is 0.168. The summed E-state index contributed by atoms with van der Waals surface area (Å²) in [6.45, 7) is 7.35. The number of guanidine groups is 1. The molecule has 0 bridgehead atoms. The molecule has 8 heteroatoms. The highest BCUT2D eigenvalue weighted by Crippen LogP contribution is 2.18. The quantitative estimate of drug-likeness (QED) is 0.564. The second-order valence-corrected chi connectivity index (χ2v) is 8.67. The van der Waals surface area contributed by atoms with Crippen LogP contribution < -0.4 is 4.90 Å². The van der Waals surface area contributed by atoms with Crippen LogP contribution in [0.2, 0.25) is 5.02 Å². The average Bonchev–Trinajstić information content (AvgIpc) is 2.83. The molecular weight excluding hydrogens is 422 g/mol. The second-order valence-electron chi connectivity index (χ2n) is 8.23. The number of aryl methyl sites for hydroxylation is 1. The van der Waals surface area contributed by atoms with Gasteiger partial charge in [0, 0.05) is 56.1 Å². The van der Waals surface area contributed by atoms with Crippen LogP contribution in [0.15, 0.2) is 52.6 Å². The summed E-state index contributed by atoms with van der Waals surface area (Å²) in [6.07, 6.45) is 7.41. The van der Waals surface area contributed by atoms with Crippen molar-refractivity contribution in [1.82, 2.24) is 14.8 Å². The number of hydrogen-bond donors (Lipinski definition) is 1. The zero-order valence-corrected chi connectivity index (χ0v) is 19.3. The summed E-state index contributed by atoms with van der Waals surface area (Å²) in [6, 6.07) is 11.3. The smallest absolute Gasteiger partial charge is 0.228 e. The fraction of sp³-hybridized carbons (Fsp3) is 0.417. The van der Waals surface area contributed by atoms with Crippen molar-refractivity contribution in [2.45, 2.75) is 26.2 Å². The predicted molar refractivity (Wildman–Crippen MR) is 132 cm³/mol. The zero-order chi connectivity index (χ0) is 22.3. The summed E-state index contributed by atoms with van der Waals surface area (Å²) in [5.41, 5.74) is 1.87. The van der Waals surface area contributed by atoms with Crippen LogP contribution in [-0.2, 0) is 0 Å². The summed E-state index contributed by atoms with van der Waals surface area (Å²) in [4.78, 5) is 20.6. The first kappa shape index (κ1) is 22.3. The average molecular weight is 452 g/mol. The molecule has 2 aromatic rings. The molecule has 2 aliphatic heterocycles. The van der Waals surface area contributed by atoms with E-state index in [2.05, 4.69) is 37.7 Å². The Morgan fingerprint density at radius 2 is 1.81 bits per heavy atom. The number of aliphatic imine (C=N–C) groups is 2. The van der Waals surface area contributed by atoms with Crippen LogP contribution in [0.3, 0.4) is 0 Å². The number of aromatic nitrogens is 1. The Balaban J connectivity index is 1.51. The van der Waals surface area contributed by atoms with Gasteiger partial charge in [0.1, 0.15) is 5.82 Å². The molecule has 2 fully saturated rings. The molecule has 0 radical (unpaired) electrons. The number of anilines is 1. The van der Waals surface area contributed by atoms with Crippen molar-refractivity contribution in [3.8, 4) is 0 Å². The van der Waals surface area contributed by atoms with E-state index < -0.39 is 0 Å². The largest absolute Gasteiger partial charge is 0.362 e. The SMILES string of the molecule is Cc1cccnc1N1CCN(C(=NC(=N)c2cccc(Cl)c2)/N=C/N2CCCCC2)CC1. The first-order chi connectivity index (χ1) is 15.6. The lowest BCUT2D eigenvalue weighted by molar-refractivity contribution is 0.349. The Kier molecular flexibility index (Phi) is 7.37. The van der Waals surface area contributed by atoms with E-state index in [1.54, 1.807) is 12.1 Å². The van der Waals surface area contributed by atoms with E-state index in [4.69, 9.17) is 22.0 Å². The van der Waals surface area contributed by atoms with Crippen molar-refractivity contribution in [3.63, 3.8) is 0 Å². The number of piperidine rings is 1. The molecule has 3 heterocycles. The predicted octanol–water partition coefficient (Wildman–Crippen LogP) is 4.06. The number of likely N-dealkylation sites (tertiary alicyclic amines) is 1. The molecule has 0 atom stereocenters. The Hall–Kier alpha value is -2.93. The molecule has 0 unspecified atom stereocenters. The molecule has 4 rings (SSSR count). The number of halogens is 1. The van der Waals surface area contributed by atoms with E-state index in [1.165, 1.54) is 24.8 Å². The van der Waals surface area contributed by atoms with Crippen molar-refractivity contribution >= 4 is 35.6 Å². The van der Waals surface area contributed by atoms with Gasteiger partial charge >= 0.3 is 0 Å². The van der Waals surface area contributed by atoms with Gasteiger partial charge in [0.15, 0.2) is 5.84 Å². The van der Waals surface area contributed by atoms with Crippen molar-refractivity contribution in [2.24, 2.45) is 9.98 Å². The number of rotatable bonds is 3. The summed E-state index contributed by atoms with van der Waals surface area (Å²) >= 11 is 6.12. The summed E-state index contributed by atoms with van der Waals surface area (Å²) in [5, 5.41) is 9.12. The number of amidine groups is 1. The first-order valence-electron chi connectivity index (χ1n) is 11.2. The zero-order valence-electron chi connectivity index (χ0n) is 18.5. The summed E-state index contributed by atoms with van der Waals surface area (Å²) < 4.78 is 0. The molecule has 32 heavy (non-hydrogen) atoms.